The summed E-state index contributed by atoms with van der Waals surface area (Å²) in [7, 11) is 0. The van der Waals surface area contributed by atoms with Gasteiger partial charge in [0, 0.05) is 37.0 Å². The Balaban J connectivity index is 1.64. The van der Waals surface area contributed by atoms with Gasteiger partial charge in [0.1, 0.15) is 12.1 Å². The van der Waals surface area contributed by atoms with Gasteiger partial charge in [-0.25, -0.2) is 9.97 Å². The number of aromatic nitrogens is 2. The van der Waals surface area contributed by atoms with Crippen LogP contribution in [0.3, 0.4) is 0 Å². The van der Waals surface area contributed by atoms with Crippen molar-refractivity contribution in [3.8, 4) is 0 Å². The fourth-order valence-corrected chi connectivity index (χ4v) is 2.97. The van der Waals surface area contributed by atoms with E-state index in [0.717, 1.165) is 37.3 Å². The molecule has 2 heterocycles. The van der Waals surface area contributed by atoms with Crippen LogP contribution in [0.15, 0.2) is 42.9 Å². The van der Waals surface area contributed by atoms with E-state index < -0.39 is 0 Å². The van der Waals surface area contributed by atoms with Crippen molar-refractivity contribution in [1.82, 2.24) is 14.9 Å². The quantitative estimate of drug-likeness (QED) is 0.674. The maximum absolute atomic E-state index is 11.1. The second-order valence-corrected chi connectivity index (χ2v) is 5.70. The Hall–Kier alpha value is -2.54. The molecule has 7 heteroatoms. The van der Waals surface area contributed by atoms with Crippen LogP contribution >= 0.6 is 0 Å². The van der Waals surface area contributed by atoms with Gasteiger partial charge in [-0.3, -0.25) is 15.0 Å². The van der Waals surface area contributed by atoms with Gasteiger partial charge in [0.15, 0.2) is 0 Å². The van der Waals surface area contributed by atoms with Crippen LogP contribution in [-0.2, 0) is 6.54 Å². The Morgan fingerprint density at radius 3 is 3.00 bits per heavy atom. The van der Waals surface area contributed by atoms with E-state index in [1.54, 1.807) is 18.3 Å². The van der Waals surface area contributed by atoms with Crippen LogP contribution in [-0.4, -0.2) is 38.9 Å². The van der Waals surface area contributed by atoms with Crippen molar-refractivity contribution in [3.05, 3.63) is 58.5 Å². The van der Waals surface area contributed by atoms with Crippen LogP contribution in [0.2, 0.25) is 0 Å². The Labute approximate surface area is 134 Å². The highest BCUT2D eigenvalue weighted by Crippen LogP contribution is 2.22. The molecule has 0 amide bonds. The van der Waals surface area contributed by atoms with Gasteiger partial charge in [-0.2, -0.15) is 0 Å². The normalized spacial score (nSPS) is 18.5. The molecule has 23 heavy (non-hydrogen) atoms. The summed E-state index contributed by atoms with van der Waals surface area (Å²) in [5.74, 6) is 0.817. The minimum Gasteiger partial charge on any atom is -0.366 e. The molecule has 1 fully saturated rings. The van der Waals surface area contributed by atoms with Gasteiger partial charge in [0.05, 0.1) is 4.92 Å². The number of likely N-dealkylation sites (tertiary alicyclic amines) is 1. The van der Waals surface area contributed by atoms with Crippen molar-refractivity contribution >= 4 is 11.5 Å². The molecule has 1 atom stereocenters. The Morgan fingerprint density at radius 2 is 2.22 bits per heavy atom. The van der Waals surface area contributed by atoms with Crippen molar-refractivity contribution < 1.29 is 4.92 Å². The van der Waals surface area contributed by atoms with E-state index in [2.05, 4.69) is 20.2 Å². The van der Waals surface area contributed by atoms with Gasteiger partial charge in [-0.1, -0.05) is 18.2 Å². The van der Waals surface area contributed by atoms with Gasteiger partial charge in [-0.15, -0.1) is 0 Å². The number of nitrogens with one attached hydrogen (secondary N) is 1. The van der Waals surface area contributed by atoms with Crippen LogP contribution in [0.25, 0.3) is 0 Å². The lowest BCUT2D eigenvalue weighted by Gasteiger charge is -2.33. The molecule has 120 valence electrons. The molecule has 0 aliphatic carbocycles. The molecule has 1 aliphatic rings. The molecular weight excluding hydrogens is 294 g/mol. The van der Waals surface area contributed by atoms with E-state index in [1.807, 2.05) is 18.2 Å². The van der Waals surface area contributed by atoms with Crippen LogP contribution in [0, 0.1) is 10.1 Å². The smallest absolute Gasteiger partial charge is 0.273 e. The molecule has 1 aromatic carbocycles. The van der Waals surface area contributed by atoms with Gasteiger partial charge >= 0.3 is 0 Å². The monoisotopic (exact) mass is 313 g/mol. The lowest BCUT2D eigenvalue weighted by molar-refractivity contribution is -0.385. The van der Waals surface area contributed by atoms with E-state index in [1.165, 1.54) is 6.33 Å². The van der Waals surface area contributed by atoms with Crippen molar-refractivity contribution in [3.63, 3.8) is 0 Å². The molecule has 1 aliphatic heterocycles. The number of nitro benzene ring substituents is 1. The molecule has 0 bridgehead atoms. The minimum absolute atomic E-state index is 0.193. The standard InChI is InChI=1S/C16H19N5O2/c22-21(23)15-6-2-1-4-13(15)10-20-9-3-5-14(11-20)19-16-7-8-17-12-18-16/h1-2,4,6-8,12,14H,3,5,9-11H2,(H,17,18,19). The number of para-hydroxylation sites is 1. The molecule has 3 rings (SSSR count). The summed E-state index contributed by atoms with van der Waals surface area (Å²) in [5.41, 5.74) is 0.957. The van der Waals surface area contributed by atoms with Crippen LogP contribution in [0.1, 0.15) is 18.4 Å². The summed E-state index contributed by atoms with van der Waals surface area (Å²) >= 11 is 0. The minimum atomic E-state index is -0.310. The summed E-state index contributed by atoms with van der Waals surface area (Å²) < 4.78 is 0. The number of nitrogens with zero attached hydrogens (tertiary/aromatic N) is 4. The first kappa shape index (κ1) is 15.4. The highest BCUT2D eigenvalue weighted by molar-refractivity contribution is 5.39. The zero-order valence-electron chi connectivity index (χ0n) is 12.8. The maximum Gasteiger partial charge on any atom is 0.273 e. The number of rotatable bonds is 5. The number of hydrogen-bond donors (Lipinski definition) is 1. The first-order chi connectivity index (χ1) is 11.2. The maximum atomic E-state index is 11.1. The van der Waals surface area contributed by atoms with Gasteiger partial charge in [-0.05, 0) is 25.5 Å². The Bertz CT molecular complexity index is 665. The third-order valence-corrected chi connectivity index (χ3v) is 4.02. The predicted octanol–water partition coefficient (Wildman–Crippen LogP) is 2.46. The first-order valence-electron chi connectivity index (χ1n) is 7.69. The first-order valence-corrected chi connectivity index (χ1v) is 7.69. The van der Waals surface area contributed by atoms with Crippen molar-refractivity contribution in [2.45, 2.75) is 25.4 Å². The van der Waals surface area contributed by atoms with E-state index in [-0.39, 0.29) is 10.6 Å². The number of piperidine rings is 1. The third-order valence-electron chi connectivity index (χ3n) is 4.02. The molecule has 0 spiro atoms. The van der Waals surface area contributed by atoms with Crippen molar-refractivity contribution in [2.75, 3.05) is 18.4 Å². The van der Waals surface area contributed by atoms with E-state index >= 15 is 0 Å². The van der Waals surface area contributed by atoms with Crippen LogP contribution in [0.5, 0.6) is 0 Å². The molecule has 1 aromatic heterocycles. The summed E-state index contributed by atoms with van der Waals surface area (Å²) in [4.78, 5) is 21.2. The number of anilines is 1. The lowest BCUT2D eigenvalue weighted by Crippen LogP contribution is -2.41. The predicted molar refractivity (Wildman–Crippen MR) is 87.1 cm³/mol. The number of hydrogen-bond acceptors (Lipinski definition) is 6. The third kappa shape index (κ3) is 4.01. The van der Waals surface area contributed by atoms with Crippen molar-refractivity contribution in [1.29, 1.82) is 0 Å². The van der Waals surface area contributed by atoms with E-state index in [4.69, 9.17) is 0 Å². The largest absolute Gasteiger partial charge is 0.366 e. The molecule has 1 unspecified atom stereocenters. The van der Waals surface area contributed by atoms with Crippen LogP contribution in [0.4, 0.5) is 11.5 Å². The summed E-state index contributed by atoms with van der Waals surface area (Å²) in [6, 6.07) is 9.10. The zero-order valence-corrected chi connectivity index (χ0v) is 12.8. The summed E-state index contributed by atoms with van der Waals surface area (Å²) in [5, 5.41) is 14.5. The second kappa shape index (κ2) is 7.15. The molecular formula is C16H19N5O2. The fourth-order valence-electron chi connectivity index (χ4n) is 2.97. The molecule has 1 N–H and O–H groups in total. The average Bonchev–Trinajstić information content (AvgIpc) is 2.56. The Morgan fingerprint density at radius 1 is 1.35 bits per heavy atom. The van der Waals surface area contributed by atoms with E-state index in [0.29, 0.717) is 12.6 Å². The van der Waals surface area contributed by atoms with Crippen LogP contribution < -0.4 is 5.32 Å². The molecule has 0 radical (unpaired) electrons. The van der Waals surface area contributed by atoms with Gasteiger partial charge in [0.2, 0.25) is 0 Å². The fraction of sp³-hybridized carbons (Fsp3) is 0.375. The highest BCUT2D eigenvalue weighted by atomic mass is 16.6. The summed E-state index contributed by atoms with van der Waals surface area (Å²) in [6.45, 7) is 2.39. The number of benzene rings is 1. The molecule has 2 aromatic rings. The highest BCUT2D eigenvalue weighted by Gasteiger charge is 2.22. The topological polar surface area (TPSA) is 84.2 Å². The van der Waals surface area contributed by atoms with Gasteiger partial charge in [0.25, 0.3) is 5.69 Å². The van der Waals surface area contributed by atoms with E-state index in [9.17, 15) is 10.1 Å². The Kier molecular flexibility index (Phi) is 4.77. The zero-order chi connectivity index (χ0) is 16.1. The second-order valence-electron chi connectivity index (χ2n) is 5.70. The summed E-state index contributed by atoms with van der Waals surface area (Å²) in [6.07, 6.45) is 5.36. The van der Waals surface area contributed by atoms with Gasteiger partial charge < -0.3 is 5.32 Å². The SMILES string of the molecule is O=[N+]([O-])c1ccccc1CN1CCCC(Nc2ccncn2)C1. The van der Waals surface area contributed by atoms with Crippen molar-refractivity contribution in [2.24, 2.45) is 0 Å². The molecule has 1 saturated heterocycles. The average molecular weight is 313 g/mol. The lowest BCUT2D eigenvalue weighted by atomic mass is 10.0. The molecule has 0 saturated carbocycles. The molecule has 7 nitrogen and oxygen atoms in total. The number of nitro groups is 1.